The smallest absolute Gasteiger partial charge is 0.248 e. The molecule has 10 heteroatoms. The number of amides is 1. The zero-order chi connectivity index (χ0) is 21.9. The highest BCUT2D eigenvalue weighted by molar-refractivity contribution is 5.91. The molecule has 1 aliphatic rings. The Hall–Kier alpha value is -3.95. The van der Waals surface area contributed by atoms with Gasteiger partial charge in [-0.2, -0.15) is 4.80 Å². The van der Waals surface area contributed by atoms with Gasteiger partial charge in [-0.3, -0.25) is 4.79 Å². The fraction of sp³-hybridized carbons (Fsp3) is 0.273. The van der Waals surface area contributed by atoms with E-state index in [1.54, 1.807) is 6.07 Å². The van der Waals surface area contributed by atoms with E-state index in [1.807, 2.05) is 34.9 Å². The molecule has 0 radical (unpaired) electrons. The van der Waals surface area contributed by atoms with Gasteiger partial charge in [0.15, 0.2) is 5.82 Å². The molecule has 2 aromatic carbocycles. The van der Waals surface area contributed by atoms with Crippen molar-refractivity contribution in [2.75, 3.05) is 5.32 Å². The summed E-state index contributed by atoms with van der Waals surface area (Å²) in [6.07, 6.45) is 4.01. The van der Waals surface area contributed by atoms with E-state index in [4.69, 9.17) is 0 Å². The average molecular weight is 432 g/mol. The molecule has 32 heavy (non-hydrogen) atoms. The number of halogens is 1. The number of hydrogen-bond acceptors (Lipinski definition) is 6. The van der Waals surface area contributed by atoms with Crippen LogP contribution in [-0.2, 0) is 24.3 Å². The molecule has 1 N–H and O–H groups in total. The predicted octanol–water partition coefficient (Wildman–Crippen LogP) is 3.10. The molecule has 0 fully saturated rings. The first-order valence-electron chi connectivity index (χ1n) is 10.5. The van der Waals surface area contributed by atoms with E-state index < -0.39 is 5.82 Å². The molecule has 3 heterocycles. The average Bonchev–Trinajstić information content (AvgIpc) is 3.36. The lowest BCUT2D eigenvalue weighted by Crippen LogP contribution is -2.20. The van der Waals surface area contributed by atoms with E-state index >= 15 is 0 Å². The quantitative estimate of drug-likeness (QED) is 0.520. The zero-order valence-electron chi connectivity index (χ0n) is 17.3. The number of anilines is 1. The molecule has 0 aliphatic carbocycles. The maximum absolute atomic E-state index is 14.6. The molecule has 5 rings (SSSR count). The summed E-state index contributed by atoms with van der Waals surface area (Å²) < 4.78 is 16.6. The molecule has 2 aromatic heterocycles. The standard InChI is InChI=1S/C22H21FN8O/c23-18-11-10-16(13-17(18)22-27-25-19-9-5-2-6-12-30(19)22)24-20(32)14-31-28-21(26-29-31)15-7-3-1-4-8-15/h1,3-4,7-8,10-11,13H,2,5-6,9,12,14H2,(H,24,32). The molecule has 162 valence electrons. The van der Waals surface area contributed by atoms with Crippen LogP contribution >= 0.6 is 0 Å². The molecule has 4 aromatic rings. The number of nitrogens with zero attached hydrogens (tertiary/aromatic N) is 7. The molecular formula is C22H21FN8O. The van der Waals surface area contributed by atoms with Crippen LogP contribution < -0.4 is 5.32 Å². The van der Waals surface area contributed by atoms with Crippen LogP contribution in [0.5, 0.6) is 0 Å². The van der Waals surface area contributed by atoms with Crippen molar-refractivity contribution in [2.45, 2.75) is 38.8 Å². The van der Waals surface area contributed by atoms with Crippen molar-refractivity contribution in [3.63, 3.8) is 0 Å². The molecular weight excluding hydrogens is 411 g/mol. The van der Waals surface area contributed by atoms with Crippen LogP contribution in [0.15, 0.2) is 48.5 Å². The second kappa shape index (κ2) is 8.66. The molecule has 0 unspecified atom stereocenters. The van der Waals surface area contributed by atoms with Gasteiger partial charge in [0.25, 0.3) is 0 Å². The van der Waals surface area contributed by atoms with Crippen molar-refractivity contribution < 1.29 is 9.18 Å². The Kier molecular flexibility index (Phi) is 5.40. The van der Waals surface area contributed by atoms with E-state index in [-0.39, 0.29) is 12.5 Å². The number of rotatable bonds is 5. The Bertz CT molecular complexity index is 1250. The Morgan fingerprint density at radius 3 is 2.78 bits per heavy atom. The second-order valence-electron chi connectivity index (χ2n) is 7.65. The molecule has 0 atom stereocenters. The van der Waals surface area contributed by atoms with Gasteiger partial charge in [0.1, 0.15) is 18.2 Å². The van der Waals surface area contributed by atoms with Crippen molar-refractivity contribution in [3.8, 4) is 22.8 Å². The third-order valence-electron chi connectivity index (χ3n) is 5.37. The van der Waals surface area contributed by atoms with Crippen molar-refractivity contribution in [2.24, 2.45) is 0 Å². The maximum Gasteiger partial charge on any atom is 0.248 e. The first-order chi connectivity index (χ1) is 15.7. The normalized spacial score (nSPS) is 13.4. The number of aromatic nitrogens is 7. The van der Waals surface area contributed by atoms with Crippen LogP contribution in [0.3, 0.4) is 0 Å². The van der Waals surface area contributed by atoms with Crippen molar-refractivity contribution >= 4 is 11.6 Å². The number of nitrogens with one attached hydrogen (secondary N) is 1. The van der Waals surface area contributed by atoms with Crippen LogP contribution in [0.1, 0.15) is 25.1 Å². The fourth-order valence-corrected chi connectivity index (χ4v) is 3.80. The number of hydrogen-bond donors (Lipinski definition) is 1. The highest BCUT2D eigenvalue weighted by Gasteiger charge is 2.19. The van der Waals surface area contributed by atoms with Crippen molar-refractivity contribution in [1.82, 2.24) is 35.0 Å². The van der Waals surface area contributed by atoms with Crippen LogP contribution in [0, 0.1) is 5.82 Å². The maximum atomic E-state index is 14.6. The van der Waals surface area contributed by atoms with Crippen LogP contribution in [0.25, 0.3) is 22.8 Å². The monoisotopic (exact) mass is 432 g/mol. The zero-order valence-corrected chi connectivity index (χ0v) is 17.3. The number of benzene rings is 2. The minimum atomic E-state index is -0.409. The van der Waals surface area contributed by atoms with E-state index in [0.717, 1.165) is 43.6 Å². The van der Waals surface area contributed by atoms with Crippen LogP contribution in [0.4, 0.5) is 10.1 Å². The van der Waals surface area contributed by atoms with Gasteiger partial charge in [0.2, 0.25) is 11.7 Å². The van der Waals surface area contributed by atoms with E-state index in [0.29, 0.717) is 22.9 Å². The van der Waals surface area contributed by atoms with Gasteiger partial charge >= 0.3 is 0 Å². The van der Waals surface area contributed by atoms with Gasteiger partial charge in [0.05, 0.1) is 5.56 Å². The summed E-state index contributed by atoms with van der Waals surface area (Å²) in [5, 5.41) is 23.4. The van der Waals surface area contributed by atoms with E-state index in [2.05, 4.69) is 30.9 Å². The van der Waals surface area contributed by atoms with Crippen molar-refractivity contribution in [3.05, 3.63) is 60.2 Å². The summed E-state index contributed by atoms with van der Waals surface area (Å²) in [5.41, 5.74) is 1.59. The molecule has 0 saturated carbocycles. The molecule has 0 spiro atoms. The number of fused-ring (bicyclic) bond motifs is 1. The first-order valence-corrected chi connectivity index (χ1v) is 10.5. The molecule has 1 aliphatic heterocycles. The molecule has 0 saturated heterocycles. The van der Waals surface area contributed by atoms with Gasteiger partial charge in [-0.25, -0.2) is 4.39 Å². The fourth-order valence-electron chi connectivity index (χ4n) is 3.80. The lowest BCUT2D eigenvalue weighted by molar-refractivity contribution is -0.117. The van der Waals surface area contributed by atoms with Gasteiger partial charge in [-0.15, -0.1) is 20.4 Å². The third-order valence-corrected chi connectivity index (χ3v) is 5.37. The van der Waals surface area contributed by atoms with Crippen molar-refractivity contribution in [1.29, 1.82) is 0 Å². The lowest BCUT2D eigenvalue weighted by Gasteiger charge is -2.10. The molecule has 9 nitrogen and oxygen atoms in total. The topological polar surface area (TPSA) is 103 Å². The number of carbonyl (C=O) groups excluding carboxylic acids is 1. The van der Waals surface area contributed by atoms with Gasteiger partial charge < -0.3 is 9.88 Å². The highest BCUT2D eigenvalue weighted by Crippen LogP contribution is 2.27. The largest absolute Gasteiger partial charge is 0.324 e. The predicted molar refractivity (Wildman–Crippen MR) is 115 cm³/mol. The van der Waals surface area contributed by atoms with Crippen LogP contribution in [0.2, 0.25) is 0 Å². The van der Waals surface area contributed by atoms with Gasteiger partial charge in [-0.1, -0.05) is 36.8 Å². The molecule has 1 amide bonds. The Balaban J connectivity index is 1.32. The number of carbonyl (C=O) groups is 1. The summed E-state index contributed by atoms with van der Waals surface area (Å²) in [7, 11) is 0. The summed E-state index contributed by atoms with van der Waals surface area (Å²) in [6, 6.07) is 13.8. The van der Waals surface area contributed by atoms with E-state index in [9.17, 15) is 9.18 Å². The third kappa shape index (κ3) is 4.11. The van der Waals surface area contributed by atoms with Gasteiger partial charge in [0, 0.05) is 24.2 Å². The number of tetrazole rings is 1. The Labute approximate surface area is 183 Å². The number of aryl methyl sites for hydroxylation is 1. The van der Waals surface area contributed by atoms with Gasteiger partial charge in [-0.05, 0) is 36.3 Å². The summed E-state index contributed by atoms with van der Waals surface area (Å²) in [4.78, 5) is 13.7. The lowest BCUT2D eigenvalue weighted by atomic mass is 10.1. The summed E-state index contributed by atoms with van der Waals surface area (Å²) in [6.45, 7) is 0.641. The SMILES string of the molecule is O=C(Cn1nnc(-c2ccccc2)n1)Nc1ccc(F)c(-c2nnc3n2CCCCC3)c1. The highest BCUT2D eigenvalue weighted by atomic mass is 19.1. The summed E-state index contributed by atoms with van der Waals surface area (Å²) in [5.74, 6) is 1.04. The summed E-state index contributed by atoms with van der Waals surface area (Å²) >= 11 is 0. The molecule has 0 bridgehead atoms. The minimum Gasteiger partial charge on any atom is -0.324 e. The Morgan fingerprint density at radius 1 is 1.03 bits per heavy atom. The van der Waals surface area contributed by atoms with Crippen LogP contribution in [-0.4, -0.2) is 40.9 Å². The second-order valence-corrected chi connectivity index (χ2v) is 7.65. The Morgan fingerprint density at radius 2 is 1.91 bits per heavy atom. The first kappa shape index (κ1) is 20.0. The van der Waals surface area contributed by atoms with E-state index in [1.165, 1.54) is 16.9 Å². The minimum absolute atomic E-state index is 0.118.